The van der Waals surface area contributed by atoms with Crippen molar-refractivity contribution in [3.05, 3.63) is 59.7 Å². The van der Waals surface area contributed by atoms with Crippen LogP contribution in [-0.4, -0.2) is 44.0 Å². The molecular weight excluding hydrogens is 302 g/mol. The van der Waals surface area contributed by atoms with Crippen molar-refractivity contribution in [2.45, 2.75) is 12.8 Å². The summed E-state index contributed by atoms with van der Waals surface area (Å²) in [6, 6.07) is 14.6. The standard InChI is InChI=1S/C20H23NO3/c1-23-19-15-17(20(22)16-7-3-2-4-8-16)9-10-18(19)24-14-13-21-11-5-6-12-21/h2-4,7-10,15H,5-6,11-14H2,1H3. The Bertz CT molecular complexity index is 679. The minimum atomic E-state index is -0.0162. The number of carbonyl (C=O) groups is 1. The maximum absolute atomic E-state index is 12.5. The molecule has 0 bridgehead atoms. The Labute approximate surface area is 143 Å². The van der Waals surface area contributed by atoms with E-state index in [4.69, 9.17) is 9.47 Å². The fourth-order valence-electron chi connectivity index (χ4n) is 2.98. The lowest BCUT2D eigenvalue weighted by Crippen LogP contribution is -2.25. The summed E-state index contributed by atoms with van der Waals surface area (Å²) in [7, 11) is 1.60. The van der Waals surface area contributed by atoms with E-state index in [-0.39, 0.29) is 5.78 Å². The lowest BCUT2D eigenvalue weighted by molar-refractivity contribution is 0.103. The second-order valence-corrected chi connectivity index (χ2v) is 5.96. The van der Waals surface area contributed by atoms with E-state index >= 15 is 0 Å². The van der Waals surface area contributed by atoms with Crippen LogP contribution in [0.2, 0.25) is 0 Å². The average Bonchev–Trinajstić information content (AvgIpc) is 3.15. The summed E-state index contributed by atoms with van der Waals surface area (Å²) in [4.78, 5) is 14.9. The molecule has 1 fully saturated rings. The lowest BCUT2D eigenvalue weighted by atomic mass is 10.0. The van der Waals surface area contributed by atoms with Crippen LogP contribution in [0.15, 0.2) is 48.5 Å². The lowest BCUT2D eigenvalue weighted by Gasteiger charge is -2.16. The van der Waals surface area contributed by atoms with Crippen LogP contribution in [0, 0.1) is 0 Å². The predicted octanol–water partition coefficient (Wildman–Crippen LogP) is 3.40. The summed E-state index contributed by atoms with van der Waals surface area (Å²) in [6.07, 6.45) is 2.55. The average molecular weight is 325 g/mol. The van der Waals surface area contributed by atoms with E-state index in [0.717, 1.165) is 19.6 Å². The molecule has 0 saturated carbocycles. The van der Waals surface area contributed by atoms with Gasteiger partial charge in [0.15, 0.2) is 17.3 Å². The van der Waals surface area contributed by atoms with Gasteiger partial charge >= 0.3 is 0 Å². The van der Waals surface area contributed by atoms with Crippen molar-refractivity contribution >= 4 is 5.78 Å². The molecule has 0 spiro atoms. The van der Waals surface area contributed by atoms with Gasteiger partial charge < -0.3 is 9.47 Å². The van der Waals surface area contributed by atoms with Crippen LogP contribution >= 0.6 is 0 Å². The molecule has 0 aliphatic carbocycles. The quantitative estimate of drug-likeness (QED) is 0.731. The van der Waals surface area contributed by atoms with Gasteiger partial charge in [-0.25, -0.2) is 0 Å². The first kappa shape index (κ1) is 16.5. The van der Waals surface area contributed by atoms with Gasteiger partial charge in [-0.1, -0.05) is 30.3 Å². The molecule has 1 saturated heterocycles. The molecule has 1 heterocycles. The third kappa shape index (κ3) is 3.95. The van der Waals surface area contributed by atoms with E-state index in [1.807, 2.05) is 36.4 Å². The fourth-order valence-corrected chi connectivity index (χ4v) is 2.98. The fraction of sp³-hybridized carbons (Fsp3) is 0.350. The monoisotopic (exact) mass is 325 g/mol. The number of carbonyl (C=O) groups excluding carboxylic acids is 1. The molecule has 3 rings (SSSR count). The minimum absolute atomic E-state index is 0.0162. The van der Waals surface area contributed by atoms with Crippen molar-refractivity contribution in [2.24, 2.45) is 0 Å². The van der Waals surface area contributed by atoms with Crippen molar-refractivity contribution in [3.63, 3.8) is 0 Å². The SMILES string of the molecule is COc1cc(C(=O)c2ccccc2)ccc1OCCN1CCCC1. The van der Waals surface area contributed by atoms with Gasteiger partial charge in [-0.2, -0.15) is 0 Å². The minimum Gasteiger partial charge on any atom is -0.493 e. The molecule has 4 nitrogen and oxygen atoms in total. The Balaban J connectivity index is 1.67. The zero-order valence-corrected chi connectivity index (χ0v) is 14.0. The number of rotatable bonds is 7. The molecular formula is C20H23NO3. The smallest absolute Gasteiger partial charge is 0.193 e. The molecule has 2 aromatic rings. The van der Waals surface area contributed by atoms with Gasteiger partial charge in [0.2, 0.25) is 0 Å². The first-order valence-electron chi connectivity index (χ1n) is 8.41. The Hall–Kier alpha value is -2.33. The molecule has 24 heavy (non-hydrogen) atoms. The van der Waals surface area contributed by atoms with Crippen molar-refractivity contribution in [1.82, 2.24) is 4.90 Å². The highest BCUT2D eigenvalue weighted by Gasteiger charge is 2.14. The number of ketones is 1. The van der Waals surface area contributed by atoms with Crippen LogP contribution in [0.5, 0.6) is 11.5 Å². The first-order valence-corrected chi connectivity index (χ1v) is 8.41. The van der Waals surface area contributed by atoms with Gasteiger partial charge in [-0.3, -0.25) is 9.69 Å². The summed E-state index contributed by atoms with van der Waals surface area (Å²) in [5, 5.41) is 0. The number of nitrogens with zero attached hydrogens (tertiary/aromatic N) is 1. The molecule has 0 aromatic heterocycles. The van der Waals surface area contributed by atoms with E-state index in [1.165, 1.54) is 12.8 Å². The number of likely N-dealkylation sites (tertiary alicyclic amines) is 1. The van der Waals surface area contributed by atoms with Gasteiger partial charge in [0.1, 0.15) is 6.61 Å². The summed E-state index contributed by atoms with van der Waals surface area (Å²) in [5.41, 5.74) is 1.27. The van der Waals surface area contributed by atoms with Gasteiger partial charge in [-0.05, 0) is 44.1 Å². The number of benzene rings is 2. The third-order valence-corrected chi connectivity index (χ3v) is 4.33. The van der Waals surface area contributed by atoms with Gasteiger partial charge in [0.25, 0.3) is 0 Å². The number of hydrogen-bond acceptors (Lipinski definition) is 4. The largest absolute Gasteiger partial charge is 0.493 e. The number of ether oxygens (including phenoxy) is 2. The maximum atomic E-state index is 12.5. The molecule has 4 heteroatoms. The van der Waals surface area contributed by atoms with Crippen molar-refractivity contribution < 1.29 is 14.3 Å². The molecule has 2 aromatic carbocycles. The molecule has 1 aliphatic heterocycles. The topological polar surface area (TPSA) is 38.8 Å². The van der Waals surface area contributed by atoms with E-state index in [1.54, 1.807) is 19.2 Å². The Morgan fingerprint density at radius 2 is 1.75 bits per heavy atom. The second kappa shape index (κ2) is 7.97. The van der Waals surface area contributed by atoms with Crippen LogP contribution in [-0.2, 0) is 0 Å². The normalized spacial score (nSPS) is 14.5. The van der Waals surface area contributed by atoms with Crippen molar-refractivity contribution in [3.8, 4) is 11.5 Å². The molecule has 0 atom stereocenters. The van der Waals surface area contributed by atoms with Crippen LogP contribution in [0.1, 0.15) is 28.8 Å². The highest BCUT2D eigenvalue weighted by molar-refractivity contribution is 6.09. The highest BCUT2D eigenvalue weighted by atomic mass is 16.5. The van der Waals surface area contributed by atoms with Gasteiger partial charge in [0, 0.05) is 17.7 Å². The summed E-state index contributed by atoms with van der Waals surface area (Å²) < 4.78 is 11.3. The zero-order chi connectivity index (χ0) is 16.8. The maximum Gasteiger partial charge on any atom is 0.193 e. The van der Waals surface area contributed by atoms with E-state index < -0.39 is 0 Å². The van der Waals surface area contributed by atoms with E-state index in [2.05, 4.69) is 4.90 Å². The molecule has 0 amide bonds. The molecule has 0 N–H and O–H groups in total. The summed E-state index contributed by atoms with van der Waals surface area (Å²) >= 11 is 0. The van der Waals surface area contributed by atoms with Crippen LogP contribution in [0.4, 0.5) is 0 Å². The first-order chi connectivity index (χ1) is 11.8. The molecule has 0 radical (unpaired) electrons. The Kier molecular flexibility index (Phi) is 5.49. The second-order valence-electron chi connectivity index (χ2n) is 5.96. The van der Waals surface area contributed by atoms with Crippen molar-refractivity contribution in [1.29, 1.82) is 0 Å². The number of methoxy groups -OCH3 is 1. The summed E-state index contributed by atoms with van der Waals surface area (Å²) in [5.74, 6) is 1.26. The highest BCUT2D eigenvalue weighted by Crippen LogP contribution is 2.29. The van der Waals surface area contributed by atoms with Crippen LogP contribution in [0.25, 0.3) is 0 Å². The summed E-state index contributed by atoms with van der Waals surface area (Å²) in [6.45, 7) is 3.87. The van der Waals surface area contributed by atoms with Crippen molar-refractivity contribution in [2.75, 3.05) is 33.4 Å². The molecule has 1 aliphatic rings. The van der Waals surface area contributed by atoms with E-state index in [0.29, 0.717) is 29.2 Å². The third-order valence-electron chi connectivity index (χ3n) is 4.33. The Morgan fingerprint density at radius 3 is 2.46 bits per heavy atom. The van der Waals surface area contributed by atoms with Gasteiger partial charge in [-0.15, -0.1) is 0 Å². The van der Waals surface area contributed by atoms with Crippen LogP contribution in [0.3, 0.4) is 0 Å². The Morgan fingerprint density at radius 1 is 1.00 bits per heavy atom. The van der Waals surface area contributed by atoms with Crippen LogP contribution < -0.4 is 9.47 Å². The predicted molar refractivity (Wildman–Crippen MR) is 94.0 cm³/mol. The zero-order valence-electron chi connectivity index (χ0n) is 14.0. The molecule has 0 unspecified atom stereocenters. The molecule has 126 valence electrons. The van der Waals surface area contributed by atoms with Gasteiger partial charge in [0.05, 0.1) is 7.11 Å². The van der Waals surface area contributed by atoms with E-state index in [9.17, 15) is 4.79 Å². The number of hydrogen-bond donors (Lipinski definition) is 0.